The lowest BCUT2D eigenvalue weighted by Gasteiger charge is -2.36. The second-order valence-corrected chi connectivity index (χ2v) is 11.9. The fraction of sp³-hybridized carbons (Fsp3) is 0.630. The molecule has 0 spiro atoms. The first kappa shape index (κ1) is 29.1. The summed E-state index contributed by atoms with van der Waals surface area (Å²) in [7, 11) is 0. The van der Waals surface area contributed by atoms with E-state index in [9.17, 15) is 19.2 Å². The Hall–Kier alpha value is -3.10. The van der Waals surface area contributed by atoms with Crippen LogP contribution in [0.3, 0.4) is 0 Å². The maximum Gasteiger partial charge on any atom is 0.408 e. The van der Waals surface area contributed by atoms with Crippen molar-refractivity contribution in [3.63, 3.8) is 0 Å². The number of alkyl carbamates (subject to hydrolysis) is 1. The molecule has 4 atom stereocenters. The van der Waals surface area contributed by atoms with Gasteiger partial charge in [0.25, 0.3) is 0 Å². The van der Waals surface area contributed by atoms with Crippen molar-refractivity contribution in [1.29, 1.82) is 0 Å². The predicted octanol–water partition coefficient (Wildman–Crippen LogP) is 3.26. The number of rotatable bonds is 8. The van der Waals surface area contributed by atoms with Gasteiger partial charge in [0.2, 0.25) is 17.7 Å². The van der Waals surface area contributed by atoms with Gasteiger partial charge in [-0.3, -0.25) is 14.4 Å². The van der Waals surface area contributed by atoms with Gasteiger partial charge in [-0.05, 0) is 84.4 Å². The molecule has 9 nitrogen and oxygen atoms in total. The number of amides is 4. The molecule has 4 N–H and O–H groups in total. The molecule has 0 heterocycles. The molecule has 0 radical (unpaired) electrons. The summed E-state index contributed by atoms with van der Waals surface area (Å²) in [6.07, 6.45) is -0.560. The van der Waals surface area contributed by atoms with Gasteiger partial charge in [0.1, 0.15) is 17.7 Å². The topological polar surface area (TPSA) is 131 Å². The summed E-state index contributed by atoms with van der Waals surface area (Å²) < 4.78 is 5.31. The molecule has 1 aromatic rings. The Bertz CT molecular complexity index is 1010. The van der Waals surface area contributed by atoms with Crippen molar-refractivity contribution in [2.24, 2.45) is 11.7 Å². The molecule has 0 bridgehead atoms. The van der Waals surface area contributed by atoms with Crippen molar-refractivity contribution in [2.75, 3.05) is 0 Å². The van der Waals surface area contributed by atoms with Crippen molar-refractivity contribution in [2.45, 2.75) is 104 Å². The summed E-state index contributed by atoms with van der Waals surface area (Å²) in [4.78, 5) is 53.6. The molecule has 200 valence electrons. The van der Waals surface area contributed by atoms with Gasteiger partial charge in [0.05, 0.1) is 6.42 Å². The lowest BCUT2D eigenvalue weighted by molar-refractivity contribution is -0.144. The third kappa shape index (κ3) is 8.24. The maximum atomic E-state index is 14.0. The number of hydrogen-bond donors (Lipinski definition) is 3. The number of nitrogens with two attached hydrogens (primary N) is 1. The Morgan fingerprint density at radius 1 is 1.08 bits per heavy atom. The van der Waals surface area contributed by atoms with Crippen LogP contribution in [0.25, 0.3) is 0 Å². The first-order chi connectivity index (χ1) is 16.4. The van der Waals surface area contributed by atoms with Gasteiger partial charge < -0.3 is 26.0 Å². The Kier molecular flexibility index (Phi) is 8.81. The number of nitrogens with zero attached hydrogens (tertiary/aromatic N) is 1. The van der Waals surface area contributed by atoms with Gasteiger partial charge in [-0.1, -0.05) is 25.1 Å². The second kappa shape index (κ2) is 10.9. The molecule has 1 aromatic carbocycles. The van der Waals surface area contributed by atoms with Gasteiger partial charge in [0.15, 0.2) is 0 Å². The molecule has 1 saturated carbocycles. The molecular weight excluding hydrogens is 460 g/mol. The third-order valence-electron chi connectivity index (χ3n) is 5.94. The maximum absolute atomic E-state index is 14.0. The number of carbonyl (C=O) groups excluding carboxylic acids is 4. The minimum atomic E-state index is -1.28. The number of hydrogen-bond acceptors (Lipinski definition) is 5. The van der Waals surface area contributed by atoms with E-state index >= 15 is 0 Å². The first-order valence-electron chi connectivity index (χ1n) is 12.4. The zero-order valence-corrected chi connectivity index (χ0v) is 23.0. The summed E-state index contributed by atoms with van der Waals surface area (Å²) >= 11 is 0. The second-order valence-electron chi connectivity index (χ2n) is 11.9. The van der Waals surface area contributed by atoms with Crippen LogP contribution in [0.15, 0.2) is 18.2 Å². The molecule has 1 fully saturated rings. The van der Waals surface area contributed by atoms with Crippen LogP contribution in [0.4, 0.5) is 4.79 Å². The summed E-state index contributed by atoms with van der Waals surface area (Å²) in [6.45, 7) is 16.6. The van der Waals surface area contributed by atoms with E-state index in [1.165, 1.54) is 4.90 Å². The largest absolute Gasteiger partial charge is 0.444 e. The van der Waals surface area contributed by atoms with E-state index in [2.05, 4.69) is 10.6 Å². The summed E-state index contributed by atoms with van der Waals surface area (Å²) in [5.74, 6) is -1.49. The zero-order chi connectivity index (χ0) is 27.6. The Labute approximate surface area is 214 Å². The molecular formula is C27H42N4O5. The molecule has 1 aliphatic carbocycles. The van der Waals surface area contributed by atoms with Gasteiger partial charge in [-0.25, -0.2) is 4.79 Å². The van der Waals surface area contributed by atoms with Crippen molar-refractivity contribution in [3.8, 4) is 0 Å². The summed E-state index contributed by atoms with van der Waals surface area (Å²) in [5, 5.41) is 5.51. The van der Waals surface area contributed by atoms with E-state index in [-0.39, 0.29) is 17.9 Å². The normalized spacial score (nSPS) is 19.0. The lowest BCUT2D eigenvalue weighted by atomic mass is 9.96. The van der Waals surface area contributed by atoms with Crippen LogP contribution < -0.4 is 16.4 Å². The van der Waals surface area contributed by atoms with Crippen LogP contribution in [0.2, 0.25) is 0 Å². The highest BCUT2D eigenvalue weighted by Crippen LogP contribution is 2.41. The lowest BCUT2D eigenvalue weighted by Crippen LogP contribution is -2.56. The van der Waals surface area contributed by atoms with E-state index in [1.54, 1.807) is 20.8 Å². The molecule has 0 saturated heterocycles. The average molecular weight is 503 g/mol. The van der Waals surface area contributed by atoms with E-state index in [4.69, 9.17) is 10.5 Å². The molecule has 2 rings (SSSR count). The van der Waals surface area contributed by atoms with Gasteiger partial charge in [-0.2, -0.15) is 0 Å². The SMILES string of the molecule is Cc1ccc(C(C(=O)NC(C)(C)C)N(C(=O)C(CC(N)=O)NC(=O)OC(C)(C)C)C2CC2C)cc1C. The van der Waals surface area contributed by atoms with Gasteiger partial charge in [-0.15, -0.1) is 0 Å². The number of ether oxygens (including phenoxy) is 1. The number of aryl methyl sites for hydroxylation is 2. The van der Waals surface area contributed by atoms with Gasteiger partial charge >= 0.3 is 6.09 Å². The monoisotopic (exact) mass is 502 g/mol. The summed E-state index contributed by atoms with van der Waals surface area (Å²) in [5.41, 5.74) is 6.79. The fourth-order valence-corrected chi connectivity index (χ4v) is 4.01. The standard InChI is InChI=1S/C27H42N4O5/c1-15-10-11-18(12-16(15)2)22(23(33)30-26(4,5)6)31(20-13-17(20)3)24(34)19(14-21(28)32)29-25(35)36-27(7,8)9/h10-12,17,19-20,22H,13-14H2,1-9H3,(H2,28,32)(H,29,35)(H,30,33). The third-order valence-corrected chi connectivity index (χ3v) is 5.94. The minimum absolute atomic E-state index is 0.154. The number of benzene rings is 1. The van der Waals surface area contributed by atoms with Crippen LogP contribution in [-0.2, 0) is 19.1 Å². The van der Waals surface area contributed by atoms with Crippen LogP contribution in [0.5, 0.6) is 0 Å². The smallest absolute Gasteiger partial charge is 0.408 e. The summed E-state index contributed by atoms with van der Waals surface area (Å²) in [6, 6.07) is 3.20. The number of nitrogens with one attached hydrogen (secondary N) is 2. The van der Waals surface area contributed by atoms with Crippen molar-refractivity contribution in [3.05, 3.63) is 34.9 Å². The van der Waals surface area contributed by atoms with Crippen molar-refractivity contribution < 1.29 is 23.9 Å². The van der Waals surface area contributed by atoms with Crippen molar-refractivity contribution in [1.82, 2.24) is 15.5 Å². The molecule has 1 aliphatic rings. The van der Waals surface area contributed by atoms with E-state index in [0.29, 0.717) is 12.0 Å². The van der Waals surface area contributed by atoms with Crippen LogP contribution in [0, 0.1) is 19.8 Å². The zero-order valence-electron chi connectivity index (χ0n) is 23.0. The fourth-order valence-electron chi connectivity index (χ4n) is 4.01. The number of carbonyl (C=O) groups is 4. The first-order valence-corrected chi connectivity index (χ1v) is 12.4. The quantitative estimate of drug-likeness (QED) is 0.502. The highest BCUT2D eigenvalue weighted by atomic mass is 16.6. The van der Waals surface area contributed by atoms with Crippen LogP contribution in [0.1, 0.15) is 84.0 Å². The average Bonchev–Trinajstić information content (AvgIpc) is 3.40. The minimum Gasteiger partial charge on any atom is -0.444 e. The van der Waals surface area contributed by atoms with Gasteiger partial charge in [0, 0.05) is 11.6 Å². The van der Waals surface area contributed by atoms with E-state index in [1.807, 2.05) is 59.7 Å². The molecule has 0 aliphatic heterocycles. The number of primary amides is 1. The highest BCUT2D eigenvalue weighted by molar-refractivity contribution is 5.95. The Morgan fingerprint density at radius 3 is 2.11 bits per heavy atom. The molecule has 36 heavy (non-hydrogen) atoms. The molecule has 9 heteroatoms. The van der Waals surface area contributed by atoms with E-state index < -0.39 is 47.6 Å². The highest BCUT2D eigenvalue weighted by Gasteiger charge is 2.48. The van der Waals surface area contributed by atoms with Crippen molar-refractivity contribution >= 4 is 23.8 Å². The molecule has 4 unspecified atom stereocenters. The molecule has 4 amide bonds. The Morgan fingerprint density at radius 2 is 1.67 bits per heavy atom. The van der Waals surface area contributed by atoms with Crippen LogP contribution in [-0.4, -0.2) is 51.9 Å². The molecule has 0 aromatic heterocycles. The predicted molar refractivity (Wildman–Crippen MR) is 138 cm³/mol. The van der Waals surface area contributed by atoms with E-state index in [0.717, 1.165) is 11.1 Å². The Balaban J connectivity index is 2.55. The van der Waals surface area contributed by atoms with Crippen LogP contribution >= 0.6 is 0 Å².